The van der Waals surface area contributed by atoms with E-state index in [0.29, 0.717) is 0 Å². The molecule has 2 rings (SSSR count). The van der Waals surface area contributed by atoms with Gasteiger partial charge in [-0.3, -0.25) is 9.59 Å². The summed E-state index contributed by atoms with van der Waals surface area (Å²) in [6.45, 7) is 3.64. The number of hydrogen-bond donors (Lipinski definition) is 1. The second-order valence-electron chi connectivity index (χ2n) is 4.73. The van der Waals surface area contributed by atoms with Gasteiger partial charge in [0.15, 0.2) is 0 Å². The van der Waals surface area contributed by atoms with Gasteiger partial charge in [0.2, 0.25) is 12.3 Å². The van der Waals surface area contributed by atoms with Crippen LogP contribution in [0, 0.1) is 0 Å². The lowest BCUT2D eigenvalue weighted by atomic mass is 9.90. The van der Waals surface area contributed by atoms with Gasteiger partial charge in [-0.1, -0.05) is 22.9 Å². The Kier molecular flexibility index (Phi) is 4.24. The van der Waals surface area contributed by atoms with E-state index in [2.05, 4.69) is 28.2 Å². The van der Waals surface area contributed by atoms with Crippen LogP contribution in [0.15, 0.2) is 22.7 Å². The summed E-state index contributed by atoms with van der Waals surface area (Å²) in [4.78, 5) is 24.5. The number of rotatable bonds is 3. The smallest absolute Gasteiger partial charge is 0.224 e. The maximum atomic E-state index is 11.9. The lowest BCUT2D eigenvalue weighted by molar-refractivity contribution is -0.117. The fourth-order valence-corrected chi connectivity index (χ4v) is 3.12. The van der Waals surface area contributed by atoms with Gasteiger partial charge in [0.25, 0.3) is 0 Å². The van der Waals surface area contributed by atoms with E-state index in [-0.39, 0.29) is 18.0 Å². The van der Waals surface area contributed by atoms with Crippen LogP contribution in [0.1, 0.15) is 38.3 Å². The van der Waals surface area contributed by atoms with Crippen molar-refractivity contribution in [3.05, 3.63) is 28.2 Å². The molecule has 2 amide bonds. The van der Waals surface area contributed by atoms with Crippen molar-refractivity contribution in [3.63, 3.8) is 0 Å². The number of nitrogens with one attached hydrogen (secondary N) is 1. The molecule has 0 bridgehead atoms. The Bertz CT molecular complexity index is 504. The SMILES string of the molecule is CCC1CC(NC=O)c2cc(Br)ccc2N1C(C)=O. The predicted molar refractivity (Wildman–Crippen MR) is 77.9 cm³/mol. The summed E-state index contributed by atoms with van der Waals surface area (Å²) < 4.78 is 0.947. The summed E-state index contributed by atoms with van der Waals surface area (Å²) in [7, 11) is 0. The highest BCUT2D eigenvalue weighted by molar-refractivity contribution is 9.10. The summed E-state index contributed by atoms with van der Waals surface area (Å²) in [5.74, 6) is 0.0416. The zero-order valence-electron chi connectivity index (χ0n) is 11.0. The molecule has 1 aromatic rings. The van der Waals surface area contributed by atoms with Crippen molar-refractivity contribution in [3.8, 4) is 0 Å². The molecule has 0 saturated heterocycles. The Morgan fingerprint density at radius 3 is 2.89 bits per heavy atom. The van der Waals surface area contributed by atoms with Crippen molar-refractivity contribution in [2.75, 3.05) is 4.90 Å². The van der Waals surface area contributed by atoms with E-state index >= 15 is 0 Å². The van der Waals surface area contributed by atoms with Gasteiger partial charge in [0, 0.05) is 23.1 Å². The second kappa shape index (κ2) is 5.74. The third-order valence-corrected chi connectivity index (χ3v) is 4.07. The number of amides is 2. The molecule has 19 heavy (non-hydrogen) atoms. The number of carbonyl (C=O) groups is 2. The molecule has 0 aromatic heterocycles. The molecule has 2 atom stereocenters. The molecule has 1 aliphatic heterocycles. The summed E-state index contributed by atoms with van der Waals surface area (Å²) in [6, 6.07) is 5.92. The Hall–Kier alpha value is -1.36. The first kappa shape index (κ1) is 14.1. The highest BCUT2D eigenvalue weighted by atomic mass is 79.9. The molecule has 0 saturated carbocycles. The topological polar surface area (TPSA) is 49.4 Å². The Morgan fingerprint density at radius 1 is 1.58 bits per heavy atom. The van der Waals surface area contributed by atoms with E-state index in [1.165, 1.54) is 0 Å². The molecular formula is C14H17BrN2O2. The molecule has 4 nitrogen and oxygen atoms in total. The molecule has 0 aliphatic carbocycles. The Labute approximate surface area is 121 Å². The zero-order chi connectivity index (χ0) is 14.0. The van der Waals surface area contributed by atoms with Crippen molar-refractivity contribution in [1.29, 1.82) is 0 Å². The van der Waals surface area contributed by atoms with E-state index in [9.17, 15) is 9.59 Å². The second-order valence-corrected chi connectivity index (χ2v) is 5.64. The average molecular weight is 325 g/mol. The first-order chi connectivity index (χ1) is 9.08. The van der Waals surface area contributed by atoms with Gasteiger partial charge < -0.3 is 10.2 Å². The first-order valence-corrected chi connectivity index (χ1v) is 7.16. The fraction of sp³-hybridized carbons (Fsp3) is 0.429. The normalized spacial score (nSPS) is 21.7. The van der Waals surface area contributed by atoms with E-state index in [0.717, 1.165) is 35.0 Å². The van der Waals surface area contributed by atoms with Crippen LogP contribution in [0.2, 0.25) is 0 Å². The Balaban J connectivity index is 2.52. The molecule has 1 heterocycles. The van der Waals surface area contributed by atoms with Crippen molar-refractivity contribution in [1.82, 2.24) is 5.32 Å². The van der Waals surface area contributed by atoms with Gasteiger partial charge >= 0.3 is 0 Å². The van der Waals surface area contributed by atoms with Crippen LogP contribution in [0.3, 0.4) is 0 Å². The maximum Gasteiger partial charge on any atom is 0.224 e. The number of hydrogen-bond acceptors (Lipinski definition) is 2. The molecule has 1 aliphatic rings. The molecule has 5 heteroatoms. The van der Waals surface area contributed by atoms with Crippen LogP contribution in [0.25, 0.3) is 0 Å². The fourth-order valence-electron chi connectivity index (χ4n) is 2.74. The van der Waals surface area contributed by atoms with Gasteiger partial charge in [-0.2, -0.15) is 0 Å². The molecular weight excluding hydrogens is 308 g/mol. The van der Waals surface area contributed by atoms with E-state index < -0.39 is 0 Å². The maximum absolute atomic E-state index is 11.9. The van der Waals surface area contributed by atoms with E-state index in [1.807, 2.05) is 23.1 Å². The van der Waals surface area contributed by atoms with Crippen molar-refractivity contribution < 1.29 is 9.59 Å². The van der Waals surface area contributed by atoms with E-state index in [4.69, 9.17) is 0 Å². The number of fused-ring (bicyclic) bond motifs is 1. The third-order valence-electron chi connectivity index (χ3n) is 3.58. The molecule has 1 aromatic carbocycles. The van der Waals surface area contributed by atoms with Gasteiger partial charge in [-0.05, 0) is 36.6 Å². The van der Waals surface area contributed by atoms with Crippen molar-refractivity contribution in [2.45, 2.75) is 38.8 Å². The standard InChI is InChI=1S/C14H17BrN2O2/c1-3-11-7-13(16-8-18)12-6-10(15)4-5-14(12)17(11)9(2)19/h4-6,8,11,13H,3,7H2,1-2H3,(H,16,18). The van der Waals surface area contributed by atoms with Crippen LogP contribution in [-0.2, 0) is 9.59 Å². The quantitative estimate of drug-likeness (QED) is 0.869. The van der Waals surface area contributed by atoms with Crippen molar-refractivity contribution >= 4 is 33.9 Å². The minimum atomic E-state index is -0.0365. The molecule has 1 N–H and O–H groups in total. The summed E-state index contributed by atoms with van der Waals surface area (Å²) >= 11 is 3.44. The number of nitrogens with zero attached hydrogens (tertiary/aromatic N) is 1. The lowest BCUT2D eigenvalue weighted by Crippen LogP contribution is -2.45. The van der Waals surface area contributed by atoms with Gasteiger partial charge in [-0.15, -0.1) is 0 Å². The van der Waals surface area contributed by atoms with E-state index in [1.54, 1.807) is 6.92 Å². The molecule has 0 spiro atoms. The van der Waals surface area contributed by atoms with Crippen LogP contribution >= 0.6 is 15.9 Å². The first-order valence-electron chi connectivity index (χ1n) is 6.37. The van der Waals surface area contributed by atoms with Crippen LogP contribution < -0.4 is 10.2 Å². The third kappa shape index (κ3) is 2.66. The van der Waals surface area contributed by atoms with Crippen LogP contribution in [-0.4, -0.2) is 18.4 Å². The summed E-state index contributed by atoms with van der Waals surface area (Å²) in [5, 5.41) is 2.85. The van der Waals surface area contributed by atoms with Crippen molar-refractivity contribution in [2.24, 2.45) is 0 Å². The lowest BCUT2D eigenvalue weighted by Gasteiger charge is -2.40. The Morgan fingerprint density at radius 2 is 2.32 bits per heavy atom. The monoisotopic (exact) mass is 324 g/mol. The predicted octanol–water partition coefficient (Wildman–Crippen LogP) is 2.77. The summed E-state index contributed by atoms with van der Waals surface area (Å²) in [5.41, 5.74) is 1.88. The van der Waals surface area contributed by atoms with Gasteiger partial charge in [0.05, 0.1) is 6.04 Å². The largest absolute Gasteiger partial charge is 0.352 e. The number of carbonyl (C=O) groups excluding carboxylic acids is 2. The molecule has 102 valence electrons. The van der Waals surface area contributed by atoms with Gasteiger partial charge in [0.1, 0.15) is 0 Å². The summed E-state index contributed by atoms with van der Waals surface area (Å²) in [6.07, 6.45) is 2.34. The minimum absolute atomic E-state index is 0.0365. The number of halogens is 1. The van der Waals surface area contributed by atoms with Gasteiger partial charge in [-0.25, -0.2) is 0 Å². The molecule has 2 unspecified atom stereocenters. The number of benzene rings is 1. The zero-order valence-corrected chi connectivity index (χ0v) is 12.6. The van der Waals surface area contributed by atoms with Crippen LogP contribution in [0.5, 0.6) is 0 Å². The highest BCUT2D eigenvalue weighted by Gasteiger charge is 2.33. The minimum Gasteiger partial charge on any atom is -0.352 e. The average Bonchev–Trinajstić information content (AvgIpc) is 2.38. The number of anilines is 1. The highest BCUT2D eigenvalue weighted by Crippen LogP contribution is 2.39. The molecule has 0 radical (unpaired) electrons. The van der Waals surface area contributed by atoms with Crippen LogP contribution in [0.4, 0.5) is 5.69 Å². The molecule has 0 fully saturated rings.